The Kier molecular flexibility index (Phi) is 5.97. The van der Waals surface area contributed by atoms with Gasteiger partial charge in [0.15, 0.2) is 0 Å². The molecule has 0 bridgehead atoms. The number of amidine groups is 1. The molecule has 0 spiro atoms. The maximum atomic E-state index is 12.9. The number of nitrogens with one attached hydrogen (secondary N) is 2. The number of hydrogen-bond acceptors (Lipinski definition) is 3. The Bertz CT molecular complexity index is 944. The van der Waals surface area contributed by atoms with Gasteiger partial charge in [0.2, 0.25) is 0 Å². The first kappa shape index (κ1) is 19.9. The fourth-order valence-corrected chi connectivity index (χ4v) is 4.17. The Balaban J connectivity index is 1.61. The summed E-state index contributed by atoms with van der Waals surface area (Å²) < 4.78 is 5.21. The van der Waals surface area contributed by atoms with Crippen LogP contribution in [0, 0.1) is 5.92 Å². The fraction of sp³-hybridized carbons (Fsp3) is 0.348. The van der Waals surface area contributed by atoms with Crippen molar-refractivity contribution in [3.63, 3.8) is 0 Å². The van der Waals surface area contributed by atoms with E-state index in [4.69, 9.17) is 4.74 Å². The van der Waals surface area contributed by atoms with Crippen molar-refractivity contribution < 1.29 is 14.3 Å². The SMILES string of the molecule is COc1cccc(NC(=O)/N=C2\C3CCCCC3NC(=O)N2Cc2ccccc2)c1. The van der Waals surface area contributed by atoms with Crippen molar-refractivity contribution >= 4 is 23.6 Å². The highest BCUT2D eigenvalue weighted by Gasteiger charge is 2.40. The summed E-state index contributed by atoms with van der Waals surface area (Å²) in [6.07, 6.45) is 3.95. The van der Waals surface area contributed by atoms with Crippen LogP contribution in [0.15, 0.2) is 59.6 Å². The van der Waals surface area contributed by atoms with Gasteiger partial charge in [-0.05, 0) is 30.5 Å². The number of nitrogens with zero attached hydrogens (tertiary/aromatic N) is 2. The smallest absolute Gasteiger partial charge is 0.347 e. The number of fused-ring (bicyclic) bond motifs is 1. The standard InChI is InChI=1S/C23H26N4O3/c1-30-18-11-7-10-17(14-18)24-22(28)26-21-19-12-5-6-13-20(19)25-23(29)27(21)15-16-8-3-2-4-9-16/h2-4,7-11,14,19-20H,5-6,12-13,15H2,1H3,(H,24,28)(H,25,29)/b26-21+. The third-order valence-electron chi connectivity index (χ3n) is 5.65. The molecule has 156 valence electrons. The predicted octanol–water partition coefficient (Wildman–Crippen LogP) is 4.41. The van der Waals surface area contributed by atoms with E-state index in [0.717, 1.165) is 31.2 Å². The maximum Gasteiger partial charge on any atom is 0.347 e. The normalized spacial score (nSPS) is 22.2. The quantitative estimate of drug-likeness (QED) is 0.789. The maximum absolute atomic E-state index is 12.9. The van der Waals surface area contributed by atoms with E-state index < -0.39 is 6.03 Å². The summed E-state index contributed by atoms with van der Waals surface area (Å²) in [5.74, 6) is 1.24. The number of aliphatic imine (C=N–C) groups is 1. The fourth-order valence-electron chi connectivity index (χ4n) is 4.17. The van der Waals surface area contributed by atoms with E-state index in [9.17, 15) is 9.59 Å². The molecule has 2 atom stereocenters. The molecule has 2 unspecified atom stereocenters. The number of anilines is 1. The molecule has 30 heavy (non-hydrogen) atoms. The Hall–Kier alpha value is -3.35. The van der Waals surface area contributed by atoms with Crippen molar-refractivity contribution in [3.8, 4) is 5.75 Å². The van der Waals surface area contributed by atoms with E-state index in [1.165, 1.54) is 0 Å². The molecule has 7 heteroatoms. The van der Waals surface area contributed by atoms with Gasteiger partial charge in [-0.2, -0.15) is 4.99 Å². The second-order valence-corrected chi connectivity index (χ2v) is 7.65. The molecule has 2 aromatic carbocycles. The average molecular weight is 406 g/mol. The minimum absolute atomic E-state index is 0.0293. The summed E-state index contributed by atoms with van der Waals surface area (Å²) in [5.41, 5.74) is 1.58. The molecule has 7 nitrogen and oxygen atoms in total. The first-order valence-electron chi connectivity index (χ1n) is 10.3. The monoisotopic (exact) mass is 406 g/mol. The minimum Gasteiger partial charge on any atom is -0.497 e. The lowest BCUT2D eigenvalue weighted by atomic mass is 9.82. The molecule has 2 aromatic rings. The van der Waals surface area contributed by atoms with Crippen LogP contribution in [0.3, 0.4) is 0 Å². The lowest BCUT2D eigenvalue weighted by Crippen LogP contribution is -2.60. The number of benzene rings is 2. The third-order valence-corrected chi connectivity index (χ3v) is 5.65. The second-order valence-electron chi connectivity index (χ2n) is 7.65. The number of urea groups is 2. The summed E-state index contributed by atoms with van der Waals surface area (Å²) >= 11 is 0. The zero-order valence-corrected chi connectivity index (χ0v) is 17.0. The summed E-state index contributed by atoms with van der Waals surface area (Å²) in [6.45, 7) is 0.376. The van der Waals surface area contributed by atoms with Gasteiger partial charge in [0, 0.05) is 23.7 Å². The third kappa shape index (κ3) is 4.45. The van der Waals surface area contributed by atoms with Crippen molar-refractivity contribution in [2.24, 2.45) is 10.9 Å². The molecule has 1 heterocycles. The van der Waals surface area contributed by atoms with Gasteiger partial charge in [-0.15, -0.1) is 0 Å². The number of methoxy groups -OCH3 is 1. The number of carbonyl (C=O) groups excluding carboxylic acids is 2. The van der Waals surface area contributed by atoms with Crippen LogP contribution in [0.5, 0.6) is 5.75 Å². The van der Waals surface area contributed by atoms with Crippen LogP contribution in [-0.2, 0) is 6.54 Å². The number of hydrogen-bond donors (Lipinski definition) is 2. The molecule has 1 saturated heterocycles. The van der Waals surface area contributed by atoms with Gasteiger partial charge in [0.1, 0.15) is 11.6 Å². The molecule has 4 amide bonds. The average Bonchev–Trinajstić information content (AvgIpc) is 2.77. The molecule has 1 saturated carbocycles. The van der Waals surface area contributed by atoms with Crippen molar-refractivity contribution in [2.45, 2.75) is 38.3 Å². The lowest BCUT2D eigenvalue weighted by molar-refractivity contribution is 0.187. The molecule has 2 fully saturated rings. The van der Waals surface area contributed by atoms with E-state index in [0.29, 0.717) is 23.8 Å². The van der Waals surface area contributed by atoms with Gasteiger partial charge < -0.3 is 15.4 Å². The number of rotatable bonds is 4. The zero-order chi connectivity index (χ0) is 20.9. The Morgan fingerprint density at radius 3 is 2.77 bits per heavy atom. The highest BCUT2D eigenvalue weighted by molar-refractivity contribution is 6.08. The first-order chi connectivity index (χ1) is 14.6. The van der Waals surface area contributed by atoms with E-state index >= 15 is 0 Å². The predicted molar refractivity (Wildman–Crippen MR) is 116 cm³/mol. The van der Waals surface area contributed by atoms with Crippen LogP contribution in [0.2, 0.25) is 0 Å². The highest BCUT2D eigenvalue weighted by Crippen LogP contribution is 2.31. The van der Waals surface area contributed by atoms with Crippen molar-refractivity contribution in [1.29, 1.82) is 0 Å². The molecule has 0 radical (unpaired) electrons. The molecular formula is C23H26N4O3. The molecular weight excluding hydrogens is 380 g/mol. The van der Waals surface area contributed by atoms with Gasteiger partial charge in [-0.25, -0.2) is 9.59 Å². The number of carbonyl (C=O) groups is 2. The molecule has 4 rings (SSSR count). The Morgan fingerprint density at radius 2 is 1.97 bits per heavy atom. The molecule has 1 aliphatic heterocycles. The topological polar surface area (TPSA) is 83.0 Å². The first-order valence-corrected chi connectivity index (χ1v) is 10.3. The summed E-state index contributed by atoms with van der Waals surface area (Å²) in [4.78, 5) is 31.6. The van der Waals surface area contributed by atoms with E-state index in [2.05, 4.69) is 15.6 Å². The van der Waals surface area contributed by atoms with E-state index in [-0.39, 0.29) is 18.0 Å². The summed E-state index contributed by atoms with van der Waals surface area (Å²) in [5, 5.41) is 5.91. The molecule has 2 N–H and O–H groups in total. The van der Waals surface area contributed by atoms with Gasteiger partial charge in [-0.1, -0.05) is 49.2 Å². The second kappa shape index (κ2) is 8.98. The van der Waals surface area contributed by atoms with E-state index in [1.54, 1.807) is 36.3 Å². The van der Waals surface area contributed by atoms with Gasteiger partial charge in [-0.3, -0.25) is 4.90 Å². The van der Waals surface area contributed by atoms with Gasteiger partial charge in [0.05, 0.1) is 13.7 Å². The van der Waals surface area contributed by atoms with Crippen molar-refractivity contribution in [1.82, 2.24) is 10.2 Å². The zero-order valence-electron chi connectivity index (χ0n) is 17.0. The highest BCUT2D eigenvalue weighted by atomic mass is 16.5. The van der Waals surface area contributed by atoms with Crippen LogP contribution in [0.4, 0.5) is 15.3 Å². The van der Waals surface area contributed by atoms with Crippen molar-refractivity contribution in [3.05, 3.63) is 60.2 Å². The molecule has 0 aromatic heterocycles. The molecule has 2 aliphatic rings. The van der Waals surface area contributed by atoms with Gasteiger partial charge >= 0.3 is 12.1 Å². The van der Waals surface area contributed by atoms with Crippen LogP contribution < -0.4 is 15.4 Å². The van der Waals surface area contributed by atoms with E-state index in [1.807, 2.05) is 30.3 Å². The minimum atomic E-state index is -0.490. The largest absolute Gasteiger partial charge is 0.497 e. The summed E-state index contributed by atoms with van der Waals surface area (Å²) in [7, 11) is 1.58. The lowest BCUT2D eigenvalue weighted by Gasteiger charge is -2.42. The molecule has 1 aliphatic carbocycles. The number of amides is 4. The van der Waals surface area contributed by atoms with Crippen molar-refractivity contribution in [2.75, 3.05) is 12.4 Å². The van der Waals surface area contributed by atoms with Gasteiger partial charge in [0.25, 0.3) is 0 Å². The van der Waals surface area contributed by atoms with Crippen LogP contribution >= 0.6 is 0 Å². The Morgan fingerprint density at radius 1 is 1.17 bits per heavy atom. The van der Waals surface area contributed by atoms with Crippen LogP contribution in [0.1, 0.15) is 31.2 Å². The van der Waals surface area contributed by atoms with Crippen LogP contribution in [0.25, 0.3) is 0 Å². The Labute approximate surface area is 176 Å². The summed E-state index contributed by atoms with van der Waals surface area (Å²) in [6, 6.07) is 16.2. The van der Waals surface area contributed by atoms with Crippen LogP contribution in [-0.4, -0.2) is 35.9 Å². The number of ether oxygens (including phenoxy) is 1.